The summed E-state index contributed by atoms with van der Waals surface area (Å²) in [5, 5.41) is 0. The number of rotatable bonds is 5. The summed E-state index contributed by atoms with van der Waals surface area (Å²) < 4.78 is 5.19. The van der Waals surface area contributed by atoms with E-state index in [2.05, 4.69) is 36.1 Å². The van der Waals surface area contributed by atoms with Gasteiger partial charge in [0, 0.05) is 19.6 Å². The molecule has 3 heteroatoms. The van der Waals surface area contributed by atoms with Crippen LogP contribution >= 0.6 is 0 Å². The number of hydrogen-bond donors (Lipinski definition) is 0. The lowest BCUT2D eigenvalue weighted by molar-refractivity contribution is -0.148. The van der Waals surface area contributed by atoms with Crippen molar-refractivity contribution >= 4 is 5.97 Å². The highest BCUT2D eigenvalue weighted by Crippen LogP contribution is 2.28. The average molecular weight is 261 g/mol. The largest absolute Gasteiger partial charge is 0.466 e. The SMILES string of the molecule is CCOC(=O)[C@H]1CN(Cc2ccccc2)C[C@H]1CC. The number of esters is 1. The van der Waals surface area contributed by atoms with Crippen LogP contribution in [0.3, 0.4) is 0 Å². The number of nitrogens with zero attached hydrogens (tertiary/aromatic N) is 1. The van der Waals surface area contributed by atoms with Crippen LogP contribution in [0.1, 0.15) is 25.8 Å². The van der Waals surface area contributed by atoms with Gasteiger partial charge in [-0.05, 0) is 18.4 Å². The molecule has 1 aliphatic heterocycles. The number of carbonyl (C=O) groups excluding carboxylic acids is 1. The van der Waals surface area contributed by atoms with Crippen molar-refractivity contribution in [2.75, 3.05) is 19.7 Å². The Balaban J connectivity index is 1.97. The van der Waals surface area contributed by atoms with Crippen molar-refractivity contribution in [1.82, 2.24) is 4.90 Å². The van der Waals surface area contributed by atoms with Gasteiger partial charge in [-0.3, -0.25) is 9.69 Å². The van der Waals surface area contributed by atoms with Crippen LogP contribution < -0.4 is 0 Å². The maximum Gasteiger partial charge on any atom is 0.310 e. The van der Waals surface area contributed by atoms with Crippen LogP contribution in [0.4, 0.5) is 0 Å². The Kier molecular flexibility index (Phi) is 4.97. The molecule has 1 aliphatic rings. The second kappa shape index (κ2) is 6.71. The van der Waals surface area contributed by atoms with Crippen LogP contribution in [-0.4, -0.2) is 30.6 Å². The molecule has 0 spiro atoms. The number of likely N-dealkylation sites (tertiary alicyclic amines) is 1. The van der Waals surface area contributed by atoms with Gasteiger partial charge >= 0.3 is 5.97 Å². The lowest BCUT2D eigenvalue weighted by Crippen LogP contribution is -2.25. The Bertz CT molecular complexity index is 404. The molecule has 0 aliphatic carbocycles. The van der Waals surface area contributed by atoms with Gasteiger partial charge in [0.1, 0.15) is 0 Å². The lowest BCUT2D eigenvalue weighted by atomic mass is 9.94. The standard InChI is InChI=1S/C16H23NO2/c1-3-14-11-17(10-13-8-6-5-7-9-13)12-15(14)16(18)19-4-2/h5-9,14-15H,3-4,10-12H2,1-2H3/t14-,15+/m1/s1. The van der Waals surface area contributed by atoms with Crippen LogP contribution in [0, 0.1) is 11.8 Å². The minimum absolute atomic E-state index is 0.0232. The third-order valence-electron chi connectivity index (χ3n) is 3.88. The molecule has 0 radical (unpaired) electrons. The Labute approximate surface area is 115 Å². The molecule has 2 atom stereocenters. The van der Waals surface area contributed by atoms with Gasteiger partial charge in [0.15, 0.2) is 0 Å². The molecular weight excluding hydrogens is 238 g/mol. The van der Waals surface area contributed by atoms with Crippen LogP contribution in [0.5, 0.6) is 0 Å². The monoisotopic (exact) mass is 261 g/mol. The topological polar surface area (TPSA) is 29.5 Å². The first-order valence-corrected chi connectivity index (χ1v) is 7.17. The van der Waals surface area contributed by atoms with Crippen molar-refractivity contribution in [3.05, 3.63) is 35.9 Å². The molecule has 0 unspecified atom stereocenters. The third kappa shape index (κ3) is 3.57. The van der Waals surface area contributed by atoms with Gasteiger partial charge in [0.2, 0.25) is 0 Å². The zero-order chi connectivity index (χ0) is 13.7. The fourth-order valence-corrected chi connectivity index (χ4v) is 2.86. The van der Waals surface area contributed by atoms with E-state index in [1.54, 1.807) is 0 Å². The fourth-order valence-electron chi connectivity index (χ4n) is 2.86. The predicted molar refractivity (Wildman–Crippen MR) is 75.6 cm³/mol. The number of ether oxygens (including phenoxy) is 1. The van der Waals surface area contributed by atoms with E-state index in [9.17, 15) is 4.79 Å². The minimum atomic E-state index is -0.0232. The second-order valence-corrected chi connectivity index (χ2v) is 5.21. The van der Waals surface area contributed by atoms with E-state index in [1.165, 1.54) is 5.56 Å². The van der Waals surface area contributed by atoms with Crippen molar-refractivity contribution in [3.8, 4) is 0 Å². The van der Waals surface area contributed by atoms with Gasteiger partial charge in [-0.15, -0.1) is 0 Å². The molecular formula is C16H23NO2. The molecule has 1 aromatic rings. The molecule has 1 saturated heterocycles. The molecule has 19 heavy (non-hydrogen) atoms. The molecule has 2 rings (SSSR count). The molecule has 0 bridgehead atoms. The van der Waals surface area contributed by atoms with Crippen molar-refractivity contribution in [2.24, 2.45) is 11.8 Å². The molecule has 0 aromatic heterocycles. The summed E-state index contributed by atoms with van der Waals surface area (Å²) in [5.41, 5.74) is 1.31. The van der Waals surface area contributed by atoms with Crippen LogP contribution in [0.25, 0.3) is 0 Å². The third-order valence-corrected chi connectivity index (χ3v) is 3.88. The second-order valence-electron chi connectivity index (χ2n) is 5.21. The molecule has 3 nitrogen and oxygen atoms in total. The quantitative estimate of drug-likeness (QED) is 0.763. The van der Waals surface area contributed by atoms with E-state index >= 15 is 0 Å². The number of carbonyl (C=O) groups is 1. The summed E-state index contributed by atoms with van der Waals surface area (Å²) >= 11 is 0. The highest BCUT2D eigenvalue weighted by atomic mass is 16.5. The highest BCUT2D eigenvalue weighted by molar-refractivity contribution is 5.73. The van der Waals surface area contributed by atoms with Crippen molar-refractivity contribution < 1.29 is 9.53 Å². The Morgan fingerprint density at radius 3 is 2.63 bits per heavy atom. The summed E-state index contributed by atoms with van der Waals surface area (Å²) in [6.07, 6.45) is 1.04. The van der Waals surface area contributed by atoms with E-state index in [4.69, 9.17) is 4.74 Å². The van der Waals surface area contributed by atoms with Gasteiger partial charge in [0.05, 0.1) is 12.5 Å². The summed E-state index contributed by atoms with van der Waals surface area (Å²) in [7, 11) is 0. The highest BCUT2D eigenvalue weighted by Gasteiger charge is 2.37. The Morgan fingerprint density at radius 1 is 1.26 bits per heavy atom. The molecule has 0 N–H and O–H groups in total. The van der Waals surface area contributed by atoms with Crippen LogP contribution in [0.15, 0.2) is 30.3 Å². The van der Waals surface area contributed by atoms with E-state index in [-0.39, 0.29) is 11.9 Å². The van der Waals surface area contributed by atoms with E-state index < -0.39 is 0 Å². The average Bonchev–Trinajstić information content (AvgIpc) is 2.83. The molecule has 0 saturated carbocycles. The van der Waals surface area contributed by atoms with Crippen LogP contribution in [-0.2, 0) is 16.1 Å². The molecule has 1 fully saturated rings. The molecule has 104 valence electrons. The maximum absolute atomic E-state index is 12.0. The van der Waals surface area contributed by atoms with Gasteiger partial charge in [-0.1, -0.05) is 43.7 Å². The van der Waals surface area contributed by atoms with Gasteiger partial charge < -0.3 is 4.74 Å². The zero-order valence-corrected chi connectivity index (χ0v) is 11.8. The summed E-state index contributed by atoms with van der Waals surface area (Å²) in [6, 6.07) is 10.4. The van der Waals surface area contributed by atoms with Crippen molar-refractivity contribution in [2.45, 2.75) is 26.8 Å². The molecule has 0 amide bonds. The van der Waals surface area contributed by atoms with Gasteiger partial charge in [-0.2, -0.15) is 0 Å². The van der Waals surface area contributed by atoms with Crippen molar-refractivity contribution in [1.29, 1.82) is 0 Å². The number of hydrogen-bond acceptors (Lipinski definition) is 3. The Hall–Kier alpha value is -1.35. The first-order valence-electron chi connectivity index (χ1n) is 7.17. The Morgan fingerprint density at radius 2 is 2.00 bits per heavy atom. The molecule has 1 heterocycles. The first kappa shape index (κ1) is 14.1. The summed E-state index contributed by atoms with van der Waals surface area (Å²) in [6.45, 7) is 7.25. The predicted octanol–water partition coefficient (Wildman–Crippen LogP) is 2.71. The minimum Gasteiger partial charge on any atom is -0.466 e. The van der Waals surface area contributed by atoms with E-state index in [0.29, 0.717) is 12.5 Å². The van der Waals surface area contributed by atoms with Gasteiger partial charge in [-0.25, -0.2) is 0 Å². The first-order chi connectivity index (χ1) is 9.24. The zero-order valence-electron chi connectivity index (χ0n) is 11.8. The maximum atomic E-state index is 12.0. The smallest absolute Gasteiger partial charge is 0.310 e. The van der Waals surface area contributed by atoms with Gasteiger partial charge in [0.25, 0.3) is 0 Å². The van der Waals surface area contributed by atoms with E-state index in [0.717, 1.165) is 26.1 Å². The van der Waals surface area contributed by atoms with Crippen molar-refractivity contribution in [3.63, 3.8) is 0 Å². The number of benzene rings is 1. The summed E-state index contributed by atoms with van der Waals surface area (Å²) in [5.74, 6) is 0.460. The summed E-state index contributed by atoms with van der Waals surface area (Å²) in [4.78, 5) is 14.3. The van der Waals surface area contributed by atoms with E-state index in [1.807, 2.05) is 13.0 Å². The normalized spacial score (nSPS) is 23.5. The fraction of sp³-hybridized carbons (Fsp3) is 0.562. The lowest BCUT2D eigenvalue weighted by Gasteiger charge is -2.15. The molecule has 1 aromatic carbocycles. The van der Waals surface area contributed by atoms with Crippen LogP contribution in [0.2, 0.25) is 0 Å².